The molecule has 0 amide bonds. The second kappa shape index (κ2) is 14.7. The van der Waals surface area contributed by atoms with E-state index in [1.165, 1.54) is 99.3 Å². The lowest BCUT2D eigenvalue weighted by Crippen LogP contribution is -2.25. The molecular formula is C65H42N2. The van der Waals surface area contributed by atoms with E-state index in [1.54, 1.807) is 0 Å². The Morgan fingerprint density at radius 1 is 0.313 bits per heavy atom. The summed E-state index contributed by atoms with van der Waals surface area (Å²) in [6.07, 6.45) is 0. The van der Waals surface area contributed by atoms with Crippen molar-refractivity contribution in [2.45, 2.75) is 5.41 Å². The zero-order valence-corrected chi connectivity index (χ0v) is 36.6. The number of fused-ring (bicyclic) bond motifs is 15. The Labute approximate surface area is 389 Å². The van der Waals surface area contributed by atoms with Gasteiger partial charge in [0.15, 0.2) is 0 Å². The summed E-state index contributed by atoms with van der Waals surface area (Å²) in [4.78, 5) is 2.46. The van der Waals surface area contributed by atoms with E-state index in [-0.39, 0.29) is 0 Å². The average Bonchev–Trinajstić information content (AvgIpc) is 4.01. The predicted octanol–water partition coefficient (Wildman–Crippen LogP) is 17.1. The van der Waals surface area contributed by atoms with Gasteiger partial charge in [0.25, 0.3) is 0 Å². The third kappa shape index (κ3) is 5.45. The number of benzene rings is 11. The SMILES string of the molecule is c1ccc(-c2ccccc2N(c2ccc(-c3ccc4c5ccc6ccccc6c5n(-c5ccccc5)c4c3)cc2)c2ccc3c(c2)-c2ccccc2C32c3ccccc3-c3ccccc32)cc1. The number of para-hydroxylation sites is 2. The van der Waals surface area contributed by atoms with Crippen LogP contribution in [-0.2, 0) is 5.41 Å². The Kier molecular flexibility index (Phi) is 8.23. The molecule has 2 heteroatoms. The first-order valence-electron chi connectivity index (χ1n) is 23.3. The molecule has 67 heavy (non-hydrogen) atoms. The van der Waals surface area contributed by atoms with Crippen molar-refractivity contribution < 1.29 is 0 Å². The third-order valence-corrected chi connectivity index (χ3v) is 14.6. The summed E-state index contributed by atoms with van der Waals surface area (Å²) in [5.41, 5.74) is 21.8. The van der Waals surface area contributed by atoms with Crippen LogP contribution in [0.2, 0.25) is 0 Å². The topological polar surface area (TPSA) is 8.17 Å². The van der Waals surface area contributed by atoms with Gasteiger partial charge in [-0.05, 0) is 115 Å². The number of hydrogen-bond acceptors (Lipinski definition) is 1. The first-order chi connectivity index (χ1) is 33.3. The maximum Gasteiger partial charge on any atom is 0.0725 e. The van der Waals surface area contributed by atoms with Gasteiger partial charge < -0.3 is 9.47 Å². The molecule has 312 valence electrons. The summed E-state index contributed by atoms with van der Waals surface area (Å²) in [5.74, 6) is 0. The second-order valence-corrected chi connectivity index (χ2v) is 18.0. The van der Waals surface area contributed by atoms with Gasteiger partial charge in [-0.3, -0.25) is 0 Å². The number of hydrogen-bond donors (Lipinski definition) is 0. The highest BCUT2D eigenvalue weighted by molar-refractivity contribution is 6.19. The van der Waals surface area contributed by atoms with Crippen LogP contribution >= 0.6 is 0 Å². The molecule has 0 saturated carbocycles. The van der Waals surface area contributed by atoms with E-state index in [2.05, 4.69) is 264 Å². The van der Waals surface area contributed by atoms with Crippen molar-refractivity contribution >= 4 is 49.6 Å². The van der Waals surface area contributed by atoms with Crippen molar-refractivity contribution in [3.8, 4) is 50.2 Å². The molecule has 14 rings (SSSR count). The summed E-state index contributed by atoms with van der Waals surface area (Å²) in [6, 6.07) is 94.2. The molecule has 11 aromatic carbocycles. The quantitative estimate of drug-likeness (QED) is 0.162. The highest BCUT2D eigenvalue weighted by Crippen LogP contribution is 2.63. The van der Waals surface area contributed by atoms with Gasteiger partial charge in [-0.25, -0.2) is 0 Å². The third-order valence-electron chi connectivity index (χ3n) is 14.6. The largest absolute Gasteiger partial charge is 0.310 e. The molecule has 2 aliphatic carbocycles. The van der Waals surface area contributed by atoms with Crippen LogP contribution in [-0.4, -0.2) is 4.57 Å². The molecule has 0 N–H and O–H groups in total. The molecule has 0 radical (unpaired) electrons. The van der Waals surface area contributed by atoms with Crippen molar-refractivity contribution in [3.05, 3.63) is 277 Å². The van der Waals surface area contributed by atoms with E-state index >= 15 is 0 Å². The van der Waals surface area contributed by atoms with Gasteiger partial charge in [0.2, 0.25) is 0 Å². The molecule has 1 aromatic heterocycles. The molecule has 2 nitrogen and oxygen atoms in total. The van der Waals surface area contributed by atoms with Gasteiger partial charge in [-0.2, -0.15) is 0 Å². The Hall–Kier alpha value is -8.72. The monoisotopic (exact) mass is 850 g/mol. The summed E-state index contributed by atoms with van der Waals surface area (Å²) >= 11 is 0. The first-order valence-corrected chi connectivity index (χ1v) is 23.3. The normalized spacial score (nSPS) is 12.9. The van der Waals surface area contributed by atoms with Crippen molar-refractivity contribution in [1.29, 1.82) is 0 Å². The Morgan fingerprint density at radius 2 is 0.851 bits per heavy atom. The fourth-order valence-electron chi connectivity index (χ4n) is 11.8. The van der Waals surface area contributed by atoms with Gasteiger partial charge >= 0.3 is 0 Å². The summed E-state index contributed by atoms with van der Waals surface area (Å²) in [5, 5.41) is 5.00. The zero-order valence-electron chi connectivity index (χ0n) is 36.6. The van der Waals surface area contributed by atoms with Crippen LogP contribution < -0.4 is 4.90 Å². The molecule has 0 saturated heterocycles. The van der Waals surface area contributed by atoms with Crippen LogP contribution in [0.5, 0.6) is 0 Å². The maximum atomic E-state index is 2.46. The van der Waals surface area contributed by atoms with Gasteiger partial charge in [0.05, 0.1) is 22.1 Å². The van der Waals surface area contributed by atoms with Gasteiger partial charge in [0, 0.05) is 38.8 Å². The average molecular weight is 851 g/mol. The molecule has 0 atom stereocenters. The van der Waals surface area contributed by atoms with Crippen LogP contribution in [0.1, 0.15) is 22.3 Å². The number of anilines is 3. The van der Waals surface area contributed by atoms with E-state index < -0.39 is 5.41 Å². The Morgan fingerprint density at radius 3 is 1.57 bits per heavy atom. The number of aromatic nitrogens is 1. The van der Waals surface area contributed by atoms with Gasteiger partial charge in [-0.15, -0.1) is 0 Å². The van der Waals surface area contributed by atoms with Crippen molar-refractivity contribution in [2.24, 2.45) is 0 Å². The molecule has 12 aromatic rings. The lowest BCUT2D eigenvalue weighted by molar-refractivity contribution is 0.794. The highest BCUT2D eigenvalue weighted by atomic mass is 15.1. The zero-order chi connectivity index (χ0) is 44.1. The fraction of sp³-hybridized carbons (Fsp3) is 0.0154. The van der Waals surface area contributed by atoms with Crippen molar-refractivity contribution in [1.82, 2.24) is 4.57 Å². The van der Waals surface area contributed by atoms with E-state index in [4.69, 9.17) is 0 Å². The van der Waals surface area contributed by atoms with Crippen LogP contribution in [0.3, 0.4) is 0 Å². The van der Waals surface area contributed by atoms with Crippen LogP contribution in [0.4, 0.5) is 17.1 Å². The molecule has 2 aliphatic rings. The van der Waals surface area contributed by atoms with Crippen LogP contribution in [0.15, 0.2) is 255 Å². The lowest BCUT2D eigenvalue weighted by atomic mass is 9.70. The highest BCUT2D eigenvalue weighted by Gasteiger charge is 2.51. The minimum atomic E-state index is -0.396. The molecular weight excluding hydrogens is 809 g/mol. The lowest BCUT2D eigenvalue weighted by Gasteiger charge is -2.31. The number of rotatable bonds is 6. The molecule has 0 bridgehead atoms. The number of nitrogens with zero attached hydrogens (tertiary/aromatic N) is 2. The van der Waals surface area contributed by atoms with Gasteiger partial charge in [-0.1, -0.05) is 206 Å². The van der Waals surface area contributed by atoms with Crippen molar-refractivity contribution in [3.63, 3.8) is 0 Å². The van der Waals surface area contributed by atoms with E-state index in [9.17, 15) is 0 Å². The summed E-state index contributed by atoms with van der Waals surface area (Å²) in [7, 11) is 0. The predicted molar refractivity (Wildman–Crippen MR) is 280 cm³/mol. The Balaban J connectivity index is 0.947. The smallest absolute Gasteiger partial charge is 0.0725 e. The molecule has 0 fully saturated rings. The maximum absolute atomic E-state index is 2.46. The van der Waals surface area contributed by atoms with Crippen LogP contribution in [0, 0.1) is 0 Å². The molecule has 0 aliphatic heterocycles. The van der Waals surface area contributed by atoms with Crippen LogP contribution in [0.25, 0.3) is 82.8 Å². The standard InChI is InChI=1S/C65H42N2/c1-3-17-44(18-4-1)50-22-12-16-30-62(50)66(49-37-40-61-57(42-49)54-26-11-15-29-60(54)65(61)58-27-13-9-24-52(58)53-25-10-14-28-59(53)65)48-35-31-43(32-36-48)46-34-38-55-56-39-33-45-19-7-8-23-51(45)64(56)67(63(55)41-46)47-20-5-2-6-21-47/h1-42H. The minimum absolute atomic E-state index is 0.396. The Bertz CT molecular complexity index is 3870. The first kappa shape index (κ1) is 37.6. The van der Waals surface area contributed by atoms with Gasteiger partial charge in [0.1, 0.15) is 0 Å². The molecule has 1 heterocycles. The molecule has 1 spiro atoms. The van der Waals surface area contributed by atoms with E-state index in [1.807, 2.05) is 0 Å². The summed E-state index contributed by atoms with van der Waals surface area (Å²) in [6.45, 7) is 0. The fourth-order valence-corrected chi connectivity index (χ4v) is 11.8. The second-order valence-electron chi connectivity index (χ2n) is 18.0. The summed E-state index contributed by atoms with van der Waals surface area (Å²) < 4.78 is 2.45. The van der Waals surface area contributed by atoms with E-state index in [0.717, 1.165) is 22.7 Å². The minimum Gasteiger partial charge on any atom is -0.310 e. The molecule has 0 unspecified atom stereocenters. The van der Waals surface area contributed by atoms with E-state index in [0.29, 0.717) is 0 Å². The van der Waals surface area contributed by atoms with Crippen molar-refractivity contribution in [2.75, 3.05) is 4.90 Å².